The van der Waals surface area contributed by atoms with Crippen LogP contribution < -0.4 is 10.5 Å². The van der Waals surface area contributed by atoms with Crippen LogP contribution in [0.4, 0.5) is 5.69 Å². The molecule has 4 heteroatoms. The summed E-state index contributed by atoms with van der Waals surface area (Å²) in [6.45, 7) is 0. The van der Waals surface area contributed by atoms with E-state index < -0.39 is 11.9 Å². The summed E-state index contributed by atoms with van der Waals surface area (Å²) in [4.78, 5) is 11.5. The third kappa shape index (κ3) is 2.28. The first-order chi connectivity index (χ1) is 8.65. The molecule has 4 nitrogen and oxygen atoms in total. The van der Waals surface area contributed by atoms with E-state index in [-0.39, 0.29) is 5.92 Å². The Hall–Kier alpha value is -1.71. The maximum atomic E-state index is 11.5. The van der Waals surface area contributed by atoms with Crippen molar-refractivity contribution < 1.29 is 14.6 Å². The third-order valence-electron chi connectivity index (χ3n) is 3.79. The molecular formula is C14H19NO3. The van der Waals surface area contributed by atoms with Crippen molar-refractivity contribution in [1.82, 2.24) is 0 Å². The topological polar surface area (TPSA) is 72.5 Å². The summed E-state index contributed by atoms with van der Waals surface area (Å²) in [6, 6.07) is 5.36. The molecule has 1 fully saturated rings. The highest BCUT2D eigenvalue weighted by Gasteiger charge is 2.33. The van der Waals surface area contributed by atoms with Crippen molar-refractivity contribution in [1.29, 1.82) is 0 Å². The van der Waals surface area contributed by atoms with Gasteiger partial charge in [0.2, 0.25) is 0 Å². The summed E-state index contributed by atoms with van der Waals surface area (Å²) >= 11 is 0. The van der Waals surface area contributed by atoms with Crippen molar-refractivity contribution in [2.45, 2.75) is 31.6 Å². The number of nitrogens with two attached hydrogens (primary N) is 1. The van der Waals surface area contributed by atoms with Gasteiger partial charge in [0.05, 0.1) is 18.7 Å². The van der Waals surface area contributed by atoms with Gasteiger partial charge in [0.1, 0.15) is 5.75 Å². The van der Waals surface area contributed by atoms with Gasteiger partial charge in [-0.3, -0.25) is 4.79 Å². The minimum Gasteiger partial charge on any atom is -0.495 e. The van der Waals surface area contributed by atoms with Crippen molar-refractivity contribution in [3.8, 4) is 5.75 Å². The second-order valence-electron chi connectivity index (χ2n) is 4.82. The van der Waals surface area contributed by atoms with Crippen molar-refractivity contribution in [2.24, 2.45) is 5.92 Å². The highest BCUT2D eigenvalue weighted by atomic mass is 16.5. The van der Waals surface area contributed by atoms with Crippen molar-refractivity contribution in [3.63, 3.8) is 0 Å². The van der Waals surface area contributed by atoms with Crippen LogP contribution in [0.1, 0.15) is 37.2 Å². The maximum absolute atomic E-state index is 11.5. The first-order valence-electron chi connectivity index (χ1n) is 6.30. The molecule has 1 aliphatic rings. The molecule has 0 bridgehead atoms. The number of aliphatic carboxylic acids is 1. The Labute approximate surface area is 107 Å². The van der Waals surface area contributed by atoms with E-state index in [1.54, 1.807) is 25.3 Å². The molecular weight excluding hydrogens is 230 g/mol. The van der Waals surface area contributed by atoms with Crippen LogP contribution in [0.25, 0.3) is 0 Å². The van der Waals surface area contributed by atoms with Crippen LogP contribution in [0.15, 0.2) is 18.2 Å². The zero-order chi connectivity index (χ0) is 13.1. The molecule has 0 saturated heterocycles. The first-order valence-corrected chi connectivity index (χ1v) is 6.30. The summed E-state index contributed by atoms with van der Waals surface area (Å²) in [7, 11) is 1.54. The van der Waals surface area contributed by atoms with Gasteiger partial charge in [-0.2, -0.15) is 0 Å². The molecule has 0 aromatic heterocycles. The minimum absolute atomic E-state index is 0.192. The standard InChI is InChI=1S/C14H19NO3/c1-18-11-8-4-7-10(13(11)15)12(14(16)17)9-5-2-3-6-9/h4,7-9,12H,2-3,5-6,15H2,1H3,(H,16,17). The minimum atomic E-state index is -0.790. The van der Waals surface area contributed by atoms with Gasteiger partial charge in [-0.05, 0) is 30.4 Å². The summed E-state index contributed by atoms with van der Waals surface area (Å²) in [6.07, 6.45) is 4.15. The van der Waals surface area contributed by atoms with Crippen LogP contribution in [0.5, 0.6) is 5.75 Å². The van der Waals surface area contributed by atoms with E-state index >= 15 is 0 Å². The molecule has 1 unspecified atom stereocenters. The molecule has 1 aromatic rings. The van der Waals surface area contributed by atoms with Gasteiger partial charge in [0, 0.05) is 0 Å². The van der Waals surface area contributed by atoms with Crippen molar-refractivity contribution in [3.05, 3.63) is 23.8 Å². The lowest BCUT2D eigenvalue weighted by molar-refractivity contribution is -0.140. The van der Waals surface area contributed by atoms with E-state index in [0.717, 1.165) is 25.7 Å². The van der Waals surface area contributed by atoms with Gasteiger partial charge in [0.25, 0.3) is 0 Å². The fourth-order valence-corrected chi connectivity index (χ4v) is 2.89. The van der Waals surface area contributed by atoms with E-state index in [2.05, 4.69) is 0 Å². The van der Waals surface area contributed by atoms with Gasteiger partial charge in [0.15, 0.2) is 0 Å². The number of benzene rings is 1. The van der Waals surface area contributed by atoms with Crippen LogP contribution in [0.3, 0.4) is 0 Å². The van der Waals surface area contributed by atoms with Crippen LogP contribution in [-0.2, 0) is 4.79 Å². The Morgan fingerprint density at radius 2 is 2.11 bits per heavy atom. The number of ether oxygens (including phenoxy) is 1. The summed E-state index contributed by atoms with van der Waals surface area (Å²) < 4.78 is 5.16. The zero-order valence-electron chi connectivity index (χ0n) is 10.6. The average molecular weight is 249 g/mol. The van der Waals surface area contributed by atoms with Gasteiger partial charge in [-0.15, -0.1) is 0 Å². The lowest BCUT2D eigenvalue weighted by Crippen LogP contribution is -2.21. The van der Waals surface area contributed by atoms with Crippen molar-refractivity contribution >= 4 is 11.7 Å². The fourth-order valence-electron chi connectivity index (χ4n) is 2.89. The summed E-state index contributed by atoms with van der Waals surface area (Å²) in [5.41, 5.74) is 7.16. The average Bonchev–Trinajstić information content (AvgIpc) is 2.85. The van der Waals surface area contributed by atoms with E-state index in [1.165, 1.54) is 0 Å². The zero-order valence-corrected chi connectivity index (χ0v) is 10.6. The lowest BCUT2D eigenvalue weighted by Gasteiger charge is -2.22. The maximum Gasteiger partial charge on any atom is 0.311 e. The van der Waals surface area contributed by atoms with E-state index in [1.807, 2.05) is 0 Å². The molecule has 0 amide bonds. The van der Waals surface area contributed by atoms with Gasteiger partial charge in [-0.1, -0.05) is 25.0 Å². The predicted octanol–water partition coefficient (Wildman–Crippen LogP) is 2.64. The monoisotopic (exact) mass is 249 g/mol. The number of anilines is 1. The van der Waals surface area contributed by atoms with Crippen LogP contribution in [0.2, 0.25) is 0 Å². The third-order valence-corrected chi connectivity index (χ3v) is 3.79. The van der Waals surface area contributed by atoms with E-state index in [4.69, 9.17) is 10.5 Å². The quantitative estimate of drug-likeness (QED) is 0.804. The Balaban J connectivity index is 2.39. The van der Waals surface area contributed by atoms with E-state index in [0.29, 0.717) is 17.0 Å². The van der Waals surface area contributed by atoms with Gasteiger partial charge >= 0.3 is 5.97 Å². The van der Waals surface area contributed by atoms with E-state index in [9.17, 15) is 9.90 Å². The molecule has 98 valence electrons. The number of hydrogen-bond acceptors (Lipinski definition) is 3. The molecule has 3 N–H and O–H groups in total. The Kier molecular flexibility index (Phi) is 3.75. The number of nitrogen functional groups attached to an aromatic ring is 1. The molecule has 0 aliphatic heterocycles. The van der Waals surface area contributed by atoms with Gasteiger partial charge < -0.3 is 15.6 Å². The summed E-state index contributed by atoms with van der Waals surface area (Å²) in [5.74, 6) is -0.557. The molecule has 2 rings (SSSR count). The first kappa shape index (κ1) is 12.7. The number of hydrogen-bond donors (Lipinski definition) is 2. The van der Waals surface area contributed by atoms with Crippen LogP contribution in [0, 0.1) is 5.92 Å². The SMILES string of the molecule is COc1cccc(C(C(=O)O)C2CCCC2)c1N. The molecule has 1 atom stereocenters. The normalized spacial score (nSPS) is 17.6. The molecule has 1 aliphatic carbocycles. The fraction of sp³-hybridized carbons (Fsp3) is 0.500. The summed E-state index contributed by atoms with van der Waals surface area (Å²) in [5, 5.41) is 9.48. The highest BCUT2D eigenvalue weighted by molar-refractivity contribution is 5.80. The predicted molar refractivity (Wildman–Crippen MR) is 69.7 cm³/mol. The number of carboxylic acids is 1. The molecule has 0 radical (unpaired) electrons. The molecule has 18 heavy (non-hydrogen) atoms. The number of para-hydroxylation sites is 1. The molecule has 0 heterocycles. The smallest absolute Gasteiger partial charge is 0.311 e. The van der Waals surface area contributed by atoms with Crippen molar-refractivity contribution in [2.75, 3.05) is 12.8 Å². The second kappa shape index (κ2) is 5.29. The van der Waals surface area contributed by atoms with Gasteiger partial charge in [-0.25, -0.2) is 0 Å². The lowest BCUT2D eigenvalue weighted by atomic mass is 9.84. The highest BCUT2D eigenvalue weighted by Crippen LogP contribution is 2.41. The second-order valence-corrected chi connectivity index (χ2v) is 4.82. The number of carbonyl (C=O) groups is 1. The number of rotatable bonds is 4. The number of carboxylic acid groups (broad SMARTS) is 1. The largest absolute Gasteiger partial charge is 0.495 e. The molecule has 1 saturated carbocycles. The Morgan fingerprint density at radius 1 is 1.44 bits per heavy atom. The Morgan fingerprint density at radius 3 is 2.67 bits per heavy atom. The Bertz CT molecular complexity index is 439. The number of methoxy groups -OCH3 is 1. The van der Waals surface area contributed by atoms with Crippen LogP contribution >= 0.6 is 0 Å². The van der Waals surface area contributed by atoms with Crippen LogP contribution in [-0.4, -0.2) is 18.2 Å². The molecule has 1 aromatic carbocycles. The molecule has 0 spiro atoms.